The van der Waals surface area contributed by atoms with E-state index in [1.54, 1.807) is 12.1 Å². The highest BCUT2D eigenvalue weighted by Crippen LogP contribution is 2.26. The summed E-state index contributed by atoms with van der Waals surface area (Å²) in [5.74, 6) is 0.665. The number of ketones is 1. The topological polar surface area (TPSA) is 56.0 Å². The molecule has 1 aromatic carbocycles. The maximum atomic E-state index is 11.7. The second-order valence-corrected chi connectivity index (χ2v) is 6.12. The van der Waals surface area contributed by atoms with Gasteiger partial charge in [-0.05, 0) is 30.5 Å². The molecule has 0 aliphatic carbocycles. The van der Waals surface area contributed by atoms with Gasteiger partial charge in [-0.2, -0.15) is 4.98 Å². The maximum Gasteiger partial charge on any atom is 0.237 e. The van der Waals surface area contributed by atoms with Crippen LogP contribution in [0.25, 0.3) is 0 Å². The average molecular weight is 327 g/mol. The Labute approximate surface area is 133 Å². The fourth-order valence-corrected chi connectivity index (χ4v) is 2.55. The van der Waals surface area contributed by atoms with E-state index in [1.807, 2.05) is 19.9 Å². The molecule has 2 rings (SSSR count). The van der Waals surface area contributed by atoms with Gasteiger partial charge < -0.3 is 4.52 Å². The summed E-state index contributed by atoms with van der Waals surface area (Å²) in [7, 11) is 0. The van der Waals surface area contributed by atoms with E-state index in [4.69, 9.17) is 27.7 Å². The van der Waals surface area contributed by atoms with Gasteiger partial charge >= 0.3 is 0 Å². The summed E-state index contributed by atoms with van der Waals surface area (Å²) in [6.07, 6.45) is 0.475. The number of carbonyl (C=O) groups is 1. The molecule has 0 saturated carbocycles. The summed E-state index contributed by atoms with van der Waals surface area (Å²) in [6.45, 7) is 5.44. The molecule has 1 aromatic heterocycles. The molecule has 2 aromatic rings. The lowest BCUT2D eigenvalue weighted by Crippen LogP contribution is -2.15. The number of nitrogens with zero attached hydrogens (tertiary/aromatic N) is 2. The predicted octanol–water partition coefficient (Wildman–Crippen LogP) is 4.30. The zero-order chi connectivity index (χ0) is 15.6. The van der Waals surface area contributed by atoms with E-state index in [0.717, 1.165) is 5.56 Å². The third kappa shape index (κ3) is 3.83. The maximum absolute atomic E-state index is 11.7. The van der Waals surface area contributed by atoms with Crippen LogP contribution in [0.1, 0.15) is 44.0 Å². The van der Waals surface area contributed by atoms with Crippen LogP contribution in [0.3, 0.4) is 0 Å². The molecule has 0 bridgehead atoms. The molecule has 0 aliphatic rings. The van der Waals surface area contributed by atoms with Gasteiger partial charge in [0, 0.05) is 6.42 Å². The summed E-state index contributed by atoms with van der Waals surface area (Å²) in [6, 6.07) is 5.35. The third-order valence-corrected chi connectivity index (χ3v) is 3.94. The minimum atomic E-state index is -0.361. The summed E-state index contributed by atoms with van der Waals surface area (Å²) in [5.41, 5.74) is 0.931. The van der Waals surface area contributed by atoms with Crippen LogP contribution in [0.15, 0.2) is 22.7 Å². The summed E-state index contributed by atoms with van der Waals surface area (Å²) in [5, 5.41) is 4.93. The number of carbonyl (C=O) groups excluding carboxylic acids is 1. The van der Waals surface area contributed by atoms with Gasteiger partial charge in [-0.25, -0.2) is 0 Å². The molecule has 112 valence electrons. The first-order valence-electron chi connectivity index (χ1n) is 6.65. The molecule has 0 fully saturated rings. The van der Waals surface area contributed by atoms with Crippen LogP contribution in [0, 0.1) is 5.92 Å². The minimum absolute atomic E-state index is 0.0229. The van der Waals surface area contributed by atoms with Gasteiger partial charge in [0.25, 0.3) is 0 Å². The summed E-state index contributed by atoms with van der Waals surface area (Å²) >= 11 is 11.9. The zero-order valence-corrected chi connectivity index (χ0v) is 13.6. The van der Waals surface area contributed by atoms with Crippen molar-refractivity contribution >= 4 is 29.0 Å². The van der Waals surface area contributed by atoms with Crippen LogP contribution >= 0.6 is 23.2 Å². The predicted molar refractivity (Wildman–Crippen MR) is 81.8 cm³/mol. The smallest absolute Gasteiger partial charge is 0.237 e. The average Bonchev–Trinajstić information content (AvgIpc) is 2.81. The van der Waals surface area contributed by atoms with Crippen LogP contribution < -0.4 is 0 Å². The van der Waals surface area contributed by atoms with Crippen LogP contribution in [0.2, 0.25) is 10.0 Å². The molecule has 1 unspecified atom stereocenters. The third-order valence-electron chi connectivity index (χ3n) is 3.20. The van der Waals surface area contributed by atoms with Crippen molar-refractivity contribution in [2.45, 2.75) is 33.1 Å². The highest BCUT2D eigenvalue weighted by molar-refractivity contribution is 6.42. The number of aromatic nitrogens is 2. The molecule has 0 radical (unpaired) electrons. The van der Waals surface area contributed by atoms with Crippen LogP contribution in [0.4, 0.5) is 0 Å². The van der Waals surface area contributed by atoms with Crippen molar-refractivity contribution < 1.29 is 9.32 Å². The fourth-order valence-electron chi connectivity index (χ4n) is 2.23. The van der Waals surface area contributed by atoms with Crippen molar-refractivity contribution in [2.24, 2.45) is 5.92 Å². The van der Waals surface area contributed by atoms with E-state index in [0.29, 0.717) is 28.2 Å². The Morgan fingerprint density at radius 1 is 1.29 bits per heavy atom. The van der Waals surface area contributed by atoms with E-state index < -0.39 is 0 Å². The molecular formula is C15H16Cl2N2O2. The highest BCUT2D eigenvalue weighted by atomic mass is 35.5. The standard InChI is InChI=1S/C15H16Cl2N2O2/c1-8(2)14(9(3)20)15-18-13(19-21-15)7-10-4-5-11(16)12(17)6-10/h4-6,8,14H,7H2,1-3H3. The molecule has 21 heavy (non-hydrogen) atoms. The summed E-state index contributed by atoms with van der Waals surface area (Å²) in [4.78, 5) is 16.0. The van der Waals surface area contributed by atoms with Crippen LogP contribution in [-0.2, 0) is 11.2 Å². The van der Waals surface area contributed by atoms with Gasteiger partial charge in [0.05, 0.1) is 16.0 Å². The second kappa shape index (κ2) is 6.58. The fraction of sp³-hybridized carbons (Fsp3) is 0.400. The van der Waals surface area contributed by atoms with Gasteiger partial charge in [-0.1, -0.05) is 48.3 Å². The quantitative estimate of drug-likeness (QED) is 0.822. The monoisotopic (exact) mass is 326 g/mol. The number of halogens is 2. The molecule has 1 heterocycles. The number of Topliss-reactive ketones (excluding diaryl/α,β-unsaturated/α-hetero) is 1. The molecule has 1 atom stereocenters. The Bertz CT molecular complexity index is 653. The Morgan fingerprint density at radius 2 is 2.00 bits per heavy atom. The molecule has 0 aliphatic heterocycles. The van der Waals surface area contributed by atoms with E-state index in [2.05, 4.69) is 10.1 Å². The number of rotatable bonds is 5. The zero-order valence-electron chi connectivity index (χ0n) is 12.1. The molecule has 0 amide bonds. The first kappa shape index (κ1) is 16.0. The molecule has 0 spiro atoms. The van der Waals surface area contributed by atoms with Crippen molar-refractivity contribution in [3.63, 3.8) is 0 Å². The lowest BCUT2D eigenvalue weighted by Gasteiger charge is -2.12. The molecular weight excluding hydrogens is 311 g/mol. The molecule has 6 heteroatoms. The van der Waals surface area contributed by atoms with E-state index in [-0.39, 0.29) is 17.6 Å². The number of hydrogen-bond donors (Lipinski definition) is 0. The van der Waals surface area contributed by atoms with Crippen molar-refractivity contribution in [3.05, 3.63) is 45.5 Å². The molecule has 0 N–H and O–H groups in total. The number of benzene rings is 1. The minimum Gasteiger partial charge on any atom is -0.339 e. The van der Waals surface area contributed by atoms with Crippen LogP contribution in [-0.4, -0.2) is 15.9 Å². The van der Waals surface area contributed by atoms with E-state index in [1.165, 1.54) is 6.92 Å². The first-order valence-corrected chi connectivity index (χ1v) is 7.41. The lowest BCUT2D eigenvalue weighted by atomic mass is 9.92. The van der Waals surface area contributed by atoms with Gasteiger partial charge in [-0.15, -0.1) is 0 Å². The second-order valence-electron chi connectivity index (χ2n) is 5.31. The normalized spacial score (nSPS) is 12.7. The first-order chi connectivity index (χ1) is 9.88. The van der Waals surface area contributed by atoms with Gasteiger partial charge in [0.1, 0.15) is 5.78 Å². The number of hydrogen-bond acceptors (Lipinski definition) is 4. The molecule has 0 saturated heterocycles. The largest absolute Gasteiger partial charge is 0.339 e. The Hall–Kier alpha value is -1.39. The van der Waals surface area contributed by atoms with Gasteiger partial charge in [0.2, 0.25) is 5.89 Å². The molecule has 4 nitrogen and oxygen atoms in total. The Balaban J connectivity index is 2.19. The van der Waals surface area contributed by atoms with Gasteiger partial charge in [-0.3, -0.25) is 4.79 Å². The SMILES string of the molecule is CC(=O)C(c1nc(Cc2ccc(Cl)c(Cl)c2)no1)C(C)C. The lowest BCUT2D eigenvalue weighted by molar-refractivity contribution is -0.119. The highest BCUT2D eigenvalue weighted by Gasteiger charge is 2.26. The van der Waals surface area contributed by atoms with Crippen LogP contribution in [0.5, 0.6) is 0 Å². The van der Waals surface area contributed by atoms with Crippen molar-refractivity contribution in [1.82, 2.24) is 10.1 Å². The van der Waals surface area contributed by atoms with E-state index >= 15 is 0 Å². The summed E-state index contributed by atoms with van der Waals surface area (Å²) < 4.78 is 5.23. The van der Waals surface area contributed by atoms with Crippen molar-refractivity contribution in [1.29, 1.82) is 0 Å². The Kier molecular flexibility index (Phi) is 5.01. The van der Waals surface area contributed by atoms with Crippen molar-refractivity contribution in [2.75, 3.05) is 0 Å². The van der Waals surface area contributed by atoms with Crippen molar-refractivity contribution in [3.8, 4) is 0 Å². The Morgan fingerprint density at radius 3 is 2.57 bits per heavy atom. The van der Waals surface area contributed by atoms with Gasteiger partial charge in [0.15, 0.2) is 5.82 Å². The van der Waals surface area contributed by atoms with E-state index in [9.17, 15) is 4.79 Å².